The van der Waals surface area contributed by atoms with Crippen molar-refractivity contribution in [3.8, 4) is 0 Å². The summed E-state index contributed by atoms with van der Waals surface area (Å²) in [4.78, 5) is 59.3. The largest absolute Gasteiger partial charge is 0.468 e. The minimum atomic E-state index is -0.969. The van der Waals surface area contributed by atoms with Gasteiger partial charge in [0.2, 0.25) is 11.8 Å². The van der Waals surface area contributed by atoms with Gasteiger partial charge in [-0.25, -0.2) is 19.8 Å². The molecule has 2 aromatic heterocycles. The van der Waals surface area contributed by atoms with E-state index in [9.17, 15) is 19.2 Å². The first-order chi connectivity index (χ1) is 20.4. The van der Waals surface area contributed by atoms with E-state index in [2.05, 4.69) is 0 Å². The minimum absolute atomic E-state index is 0.383. The second kappa shape index (κ2) is 8.85. The average molecular weight is 563 g/mol. The van der Waals surface area contributed by atoms with Crippen molar-refractivity contribution in [1.29, 1.82) is 0 Å². The number of anilines is 2. The normalized spacial score (nSPS) is 29.1. The number of carbonyl (C=O) groups excluding carboxylic acids is 4. The second-order valence-electron chi connectivity index (χ2n) is 11.3. The average Bonchev–Trinajstić information content (AvgIpc) is 3.81. The van der Waals surface area contributed by atoms with Crippen LogP contribution < -0.4 is 9.80 Å². The number of benzene rings is 2. The predicted molar refractivity (Wildman–Crippen MR) is 148 cm³/mol. The highest BCUT2D eigenvalue weighted by Gasteiger charge is 2.74. The highest BCUT2D eigenvalue weighted by atomic mass is 16.3. The number of hydrazine groups is 1. The van der Waals surface area contributed by atoms with Crippen LogP contribution in [0.15, 0.2) is 94.2 Å². The van der Waals surface area contributed by atoms with E-state index in [1.165, 1.54) is 22.3 Å². The number of hydrogen-bond donors (Lipinski definition) is 0. The molecule has 10 heteroatoms. The molecule has 0 radical (unpaired) electrons. The summed E-state index contributed by atoms with van der Waals surface area (Å²) in [7, 11) is 0. The van der Waals surface area contributed by atoms with Crippen molar-refractivity contribution in [1.82, 2.24) is 10.0 Å². The highest BCUT2D eigenvalue weighted by molar-refractivity contribution is 6.26. The number of nitrogens with zero attached hydrogens (tertiary/aromatic N) is 4. The van der Waals surface area contributed by atoms with Crippen LogP contribution in [0.25, 0.3) is 0 Å². The summed E-state index contributed by atoms with van der Waals surface area (Å²) in [5.41, 5.74) is 2.94. The maximum absolute atomic E-state index is 14.3. The van der Waals surface area contributed by atoms with E-state index in [1.807, 2.05) is 38.1 Å². The standard InChI is InChI=1S/C32H26N4O6/c1-17-7-11-19(12-8-17)33-29(37)23-25(21-5-3-15-41-21)36-28-24(26(22-6-4-16-42-22)35(36)27(23)31(33)39)30(38)34(32(28)40)20-13-9-18(2)10-14-20/h3-16,23-28H,1-2H3/t23-,24-,25+,26+,27-,28+/m1/s1. The molecule has 4 amide bonds. The van der Waals surface area contributed by atoms with Crippen molar-refractivity contribution in [2.45, 2.75) is 38.0 Å². The van der Waals surface area contributed by atoms with Crippen LogP contribution in [0.1, 0.15) is 34.7 Å². The molecule has 2 aromatic carbocycles. The van der Waals surface area contributed by atoms with Crippen LogP contribution in [0, 0.1) is 25.7 Å². The zero-order chi connectivity index (χ0) is 28.9. The van der Waals surface area contributed by atoms with Gasteiger partial charge in [-0.05, 0) is 62.4 Å². The Morgan fingerprint density at radius 2 is 0.881 bits per heavy atom. The zero-order valence-electron chi connectivity index (χ0n) is 22.8. The third kappa shape index (κ3) is 3.21. The van der Waals surface area contributed by atoms with E-state index in [0.717, 1.165) is 11.1 Å². The van der Waals surface area contributed by atoms with Gasteiger partial charge < -0.3 is 8.83 Å². The van der Waals surface area contributed by atoms with Crippen molar-refractivity contribution in [2.24, 2.45) is 11.8 Å². The van der Waals surface area contributed by atoms with Gasteiger partial charge in [0.15, 0.2) is 0 Å². The maximum Gasteiger partial charge on any atom is 0.253 e. The Morgan fingerprint density at radius 1 is 0.500 bits per heavy atom. The highest BCUT2D eigenvalue weighted by Crippen LogP contribution is 2.59. The Morgan fingerprint density at radius 3 is 1.21 bits per heavy atom. The third-order valence-electron chi connectivity index (χ3n) is 8.98. The first-order valence-corrected chi connectivity index (χ1v) is 13.9. The lowest BCUT2D eigenvalue weighted by atomic mass is 9.87. The number of rotatable bonds is 4. The smallest absolute Gasteiger partial charge is 0.253 e. The van der Waals surface area contributed by atoms with Crippen LogP contribution in [0.5, 0.6) is 0 Å². The molecule has 210 valence electrons. The molecule has 42 heavy (non-hydrogen) atoms. The second-order valence-corrected chi connectivity index (χ2v) is 11.3. The predicted octanol–water partition coefficient (Wildman–Crippen LogP) is 3.93. The number of carbonyl (C=O) groups is 4. The number of fused-ring (bicyclic) bond motifs is 5. The Labute approximate surface area is 240 Å². The molecule has 6 heterocycles. The maximum atomic E-state index is 14.3. The van der Waals surface area contributed by atoms with Gasteiger partial charge in [-0.2, -0.15) is 0 Å². The molecule has 4 aliphatic heterocycles. The summed E-state index contributed by atoms with van der Waals surface area (Å²) < 4.78 is 11.7. The first kappa shape index (κ1) is 25.0. The zero-order valence-corrected chi connectivity index (χ0v) is 22.8. The molecule has 0 aliphatic carbocycles. The number of imide groups is 2. The lowest BCUT2D eigenvalue weighted by Crippen LogP contribution is -2.50. The minimum Gasteiger partial charge on any atom is -0.468 e. The van der Waals surface area contributed by atoms with Gasteiger partial charge in [0, 0.05) is 0 Å². The Balaban J connectivity index is 1.30. The topological polar surface area (TPSA) is 108 Å². The molecule has 8 rings (SSSR count). The van der Waals surface area contributed by atoms with Gasteiger partial charge >= 0.3 is 0 Å². The summed E-state index contributed by atoms with van der Waals surface area (Å²) in [6.45, 7) is 3.86. The molecule has 4 aromatic rings. The van der Waals surface area contributed by atoms with Crippen molar-refractivity contribution in [3.63, 3.8) is 0 Å². The van der Waals surface area contributed by atoms with Crippen LogP contribution in [0.3, 0.4) is 0 Å². The van der Waals surface area contributed by atoms with Crippen molar-refractivity contribution >= 4 is 35.0 Å². The van der Waals surface area contributed by atoms with Gasteiger partial charge in [-0.1, -0.05) is 35.4 Å². The molecule has 0 saturated carbocycles. The first-order valence-electron chi connectivity index (χ1n) is 13.9. The summed E-state index contributed by atoms with van der Waals surface area (Å²) >= 11 is 0. The van der Waals surface area contributed by atoms with E-state index >= 15 is 0 Å². The van der Waals surface area contributed by atoms with Crippen LogP contribution >= 0.6 is 0 Å². The SMILES string of the molecule is Cc1ccc(N2C(=O)[C@H]3[C@@H](C2=O)N2[C@@H](c4ccco4)[C@H]4C(=O)N(c5ccc(C)cc5)C(=O)[C@@H]4N2[C@H]3c2ccco2)cc1. The Bertz CT molecular complexity index is 1600. The fourth-order valence-corrected chi connectivity index (χ4v) is 7.21. The number of aryl methyl sites for hydroxylation is 2. The van der Waals surface area contributed by atoms with Crippen LogP contribution in [0.4, 0.5) is 11.4 Å². The van der Waals surface area contributed by atoms with Crippen LogP contribution in [-0.2, 0) is 19.2 Å². The van der Waals surface area contributed by atoms with Gasteiger partial charge in [-0.3, -0.25) is 19.2 Å². The van der Waals surface area contributed by atoms with E-state index in [4.69, 9.17) is 8.83 Å². The molecule has 10 nitrogen and oxygen atoms in total. The molecular formula is C32H26N4O6. The molecule has 0 spiro atoms. The summed E-state index contributed by atoms with van der Waals surface area (Å²) in [5.74, 6) is -2.48. The fourth-order valence-electron chi connectivity index (χ4n) is 7.21. The van der Waals surface area contributed by atoms with E-state index in [-0.39, 0.29) is 11.8 Å². The molecule has 4 aliphatic rings. The monoisotopic (exact) mass is 562 g/mol. The van der Waals surface area contributed by atoms with E-state index in [0.29, 0.717) is 22.9 Å². The summed E-state index contributed by atoms with van der Waals surface area (Å²) in [6, 6.07) is 17.8. The molecule has 0 unspecified atom stereocenters. The third-order valence-corrected chi connectivity index (χ3v) is 8.98. The Kier molecular flexibility index (Phi) is 5.26. The van der Waals surface area contributed by atoms with Gasteiger partial charge in [0.25, 0.3) is 11.8 Å². The lowest BCUT2D eigenvalue weighted by molar-refractivity contribution is -0.136. The molecule has 6 atom stereocenters. The van der Waals surface area contributed by atoms with Gasteiger partial charge in [0.05, 0.1) is 47.8 Å². The molecule has 0 N–H and O–H groups in total. The van der Waals surface area contributed by atoms with Crippen molar-refractivity contribution in [2.75, 3.05) is 9.80 Å². The van der Waals surface area contributed by atoms with Crippen molar-refractivity contribution < 1.29 is 28.0 Å². The van der Waals surface area contributed by atoms with E-state index in [1.54, 1.807) is 58.5 Å². The van der Waals surface area contributed by atoms with Gasteiger partial charge in [0.1, 0.15) is 23.6 Å². The molecule has 4 fully saturated rings. The van der Waals surface area contributed by atoms with Crippen LogP contribution in [0.2, 0.25) is 0 Å². The van der Waals surface area contributed by atoms with Crippen LogP contribution in [-0.4, -0.2) is 45.7 Å². The molecule has 0 bridgehead atoms. The summed E-state index contributed by atoms with van der Waals surface area (Å²) in [6.07, 6.45) is 3.01. The van der Waals surface area contributed by atoms with E-state index < -0.39 is 47.8 Å². The summed E-state index contributed by atoms with van der Waals surface area (Å²) in [5, 5.41) is 3.51. The van der Waals surface area contributed by atoms with Crippen molar-refractivity contribution in [3.05, 3.63) is 108 Å². The Hall–Kier alpha value is -4.80. The quantitative estimate of drug-likeness (QED) is 0.345. The number of amides is 4. The fraction of sp³-hybridized carbons (Fsp3) is 0.250. The number of hydrogen-bond acceptors (Lipinski definition) is 8. The number of furan rings is 2. The lowest BCUT2D eigenvalue weighted by Gasteiger charge is -2.34. The van der Waals surface area contributed by atoms with Gasteiger partial charge in [-0.15, -0.1) is 0 Å². The molecule has 4 saturated heterocycles. The molecular weight excluding hydrogens is 536 g/mol.